The second kappa shape index (κ2) is 6.85. The van der Waals surface area contributed by atoms with Crippen molar-refractivity contribution in [3.05, 3.63) is 65.7 Å². The van der Waals surface area contributed by atoms with Gasteiger partial charge in [0.1, 0.15) is 0 Å². The van der Waals surface area contributed by atoms with Crippen LogP contribution in [-0.2, 0) is 23.0 Å². The van der Waals surface area contributed by atoms with Crippen LogP contribution in [0, 0.1) is 0 Å². The summed E-state index contributed by atoms with van der Waals surface area (Å²) in [7, 11) is -4.18. The quantitative estimate of drug-likeness (QED) is 0.803. The molecule has 5 heteroatoms. The Morgan fingerprint density at radius 1 is 1.00 bits per heavy atom. The molecule has 0 heterocycles. The Balaban J connectivity index is 2.00. The highest BCUT2D eigenvalue weighted by Crippen LogP contribution is 2.17. The highest BCUT2D eigenvalue weighted by molar-refractivity contribution is 7.85. The van der Waals surface area contributed by atoms with Crippen LogP contribution < -0.4 is 5.73 Å². The molecule has 0 aliphatic rings. The van der Waals surface area contributed by atoms with E-state index in [0.29, 0.717) is 18.4 Å². The lowest BCUT2D eigenvalue weighted by Crippen LogP contribution is -2.23. The minimum absolute atomic E-state index is 0.0306. The van der Waals surface area contributed by atoms with Gasteiger partial charge in [-0.1, -0.05) is 48.5 Å². The van der Waals surface area contributed by atoms with E-state index in [1.807, 2.05) is 30.3 Å². The largest absolute Gasteiger partial charge is 0.327 e. The Bertz CT molecular complexity index is 684. The van der Waals surface area contributed by atoms with Gasteiger partial charge in [0.2, 0.25) is 0 Å². The summed E-state index contributed by atoms with van der Waals surface area (Å²) < 4.78 is 31.8. The van der Waals surface area contributed by atoms with Gasteiger partial charge < -0.3 is 5.73 Å². The van der Waals surface area contributed by atoms with Gasteiger partial charge in [-0.2, -0.15) is 8.42 Å². The average Bonchev–Trinajstić information content (AvgIpc) is 2.45. The fourth-order valence-electron chi connectivity index (χ4n) is 2.32. The molecule has 0 spiro atoms. The summed E-state index contributed by atoms with van der Waals surface area (Å²) in [5, 5.41) is 0. The fourth-order valence-corrected chi connectivity index (χ4v) is 3.07. The van der Waals surface area contributed by atoms with E-state index in [9.17, 15) is 13.0 Å². The number of rotatable bonds is 6. The first-order valence-corrected chi connectivity index (χ1v) is 8.26. The SMILES string of the molecule is N[C@H](CCc1ccccc1S(=O)(=O)O)Cc1ccccc1. The van der Waals surface area contributed by atoms with Crippen molar-refractivity contribution >= 4 is 10.1 Å². The van der Waals surface area contributed by atoms with Gasteiger partial charge in [-0.15, -0.1) is 0 Å². The molecule has 0 saturated heterocycles. The summed E-state index contributed by atoms with van der Waals surface area (Å²) in [5.74, 6) is 0. The first-order valence-electron chi connectivity index (χ1n) is 6.82. The Kier molecular flexibility index (Phi) is 5.12. The summed E-state index contributed by atoms with van der Waals surface area (Å²) in [4.78, 5) is -0.0306. The molecule has 0 unspecified atom stereocenters. The average molecular weight is 305 g/mol. The highest BCUT2D eigenvalue weighted by atomic mass is 32.2. The van der Waals surface area contributed by atoms with Crippen molar-refractivity contribution < 1.29 is 13.0 Å². The van der Waals surface area contributed by atoms with Crippen molar-refractivity contribution in [3.63, 3.8) is 0 Å². The Hall–Kier alpha value is -1.69. The third-order valence-corrected chi connectivity index (χ3v) is 4.33. The van der Waals surface area contributed by atoms with Crippen LogP contribution in [-0.4, -0.2) is 19.0 Å². The molecular weight excluding hydrogens is 286 g/mol. The highest BCUT2D eigenvalue weighted by Gasteiger charge is 2.15. The smallest absolute Gasteiger partial charge is 0.294 e. The number of nitrogens with two attached hydrogens (primary N) is 1. The van der Waals surface area contributed by atoms with Crippen molar-refractivity contribution in [2.45, 2.75) is 30.2 Å². The van der Waals surface area contributed by atoms with Gasteiger partial charge >= 0.3 is 0 Å². The van der Waals surface area contributed by atoms with Crippen LogP contribution in [0.5, 0.6) is 0 Å². The molecule has 0 aliphatic carbocycles. The zero-order valence-corrected chi connectivity index (χ0v) is 12.5. The molecule has 0 fully saturated rings. The third-order valence-electron chi connectivity index (χ3n) is 3.38. The summed E-state index contributed by atoms with van der Waals surface area (Å²) in [5.41, 5.74) is 7.86. The van der Waals surface area contributed by atoms with Crippen LogP contribution in [0.4, 0.5) is 0 Å². The number of hydrogen-bond acceptors (Lipinski definition) is 3. The van der Waals surface area contributed by atoms with Crippen LogP contribution in [0.2, 0.25) is 0 Å². The number of benzene rings is 2. The zero-order valence-electron chi connectivity index (χ0n) is 11.6. The van der Waals surface area contributed by atoms with E-state index < -0.39 is 10.1 Å². The van der Waals surface area contributed by atoms with Crippen molar-refractivity contribution in [2.24, 2.45) is 5.73 Å². The molecule has 2 rings (SSSR count). The van der Waals surface area contributed by atoms with Gasteiger partial charge in [0.15, 0.2) is 0 Å². The Morgan fingerprint density at radius 2 is 1.62 bits per heavy atom. The summed E-state index contributed by atoms with van der Waals surface area (Å²) in [6, 6.07) is 16.3. The van der Waals surface area contributed by atoms with E-state index in [1.54, 1.807) is 18.2 Å². The minimum Gasteiger partial charge on any atom is -0.327 e. The van der Waals surface area contributed by atoms with Gasteiger partial charge in [0.05, 0.1) is 4.90 Å². The van der Waals surface area contributed by atoms with Gasteiger partial charge in [0, 0.05) is 6.04 Å². The van der Waals surface area contributed by atoms with E-state index in [1.165, 1.54) is 6.07 Å². The second-order valence-corrected chi connectivity index (χ2v) is 6.46. The Labute approximate surface area is 125 Å². The monoisotopic (exact) mass is 305 g/mol. The topological polar surface area (TPSA) is 80.4 Å². The maximum absolute atomic E-state index is 11.3. The number of hydrogen-bond donors (Lipinski definition) is 2. The van der Waals surface area contributed by atoms with E-state index in [0.717, 1.165) is 12.0 Å². The van der Waals surface area contributed by atoms with E-state index in [-0.39, 0.29) is 10.9 Å². The minimum atomic E-state index is -4.18. The molecule has 2 aromatic rings. The third kappa shape index (κ3) is 4.67. The number of aryl methyl sites for hydroxylation is 1. The summed E-state index contributed by atoms with van der Waals surface area (Å²) in [6.45, 7) is 0. The molecule has 3 N–H and O–H groups in total. The normalized spacial score (nSPS) is 13.0. The predicted octanol–water partition coefficient (Wildman–Crippen LogP) is 2.44. The fraction of sp³-hybridized carbons (Fsp3) is 0.250. The molecule has 1 atom stereocenters. The second-order valence-electron chi connectivity index (χ2n) is 5.07. The first-order chi connectivity index (χ1) is 9.97. The van der Waals surface area contributed by atoms with Crippen molar-refractivity contribution in [1.29, 1.82) is 0 Å². The van der Waals surface area contributed by atoms with Crippen LogP contribution in [0.1, 0.15) is 17.5 Å². The van der Waals surface area contributed by atoms with Crippen LogP contribution >= 0.6 is 0 Å². The predicted molar refractivity (Wildman–Crippen MR) is 82.7 cm³/mol. The van der Waals surface area contributed by atoms with Crippen molar-refractivity contribution in [1.82, 2.24) is 0 Å². The first kappa shape index (κ1) is 15.7. The molecule has 4 nitrogen and oxygen atoms in total. The van der Waals surface area contributed by atoms with Crippen LogP contribution in [0.25, 0.3) is 0 Å². The zero-order chi connectivity index (χ0) is 15.3. The van der Waals surface area contributed by atoms with Crippen molar-refractivity contribution in [3.8, 4) is 0 Å². The summed E-state index contributed by atoms with van der Waals surface area (Å²) in [6.07, 6.45) is 1.92. The molecule has 0 aromatic heterocycles. The van der Waals surface area contributed by atoms with Crippen LogP contribution in [0.15, 0.2) is 59.5 Å². The van der Waals surface area contributed by atoms with Crippen LogP contribution in [0.3, 0.4) is 0 Å². The Morgan fingerprint density at radius 3 is 2.29 bits per heavy atom. The van der Waals surface area contributed by atoms with Gasteiger partial charge in [-0.05, 0) is 36.5 Å². The van der Waals surface area contributed by atoms with Crippen molar-refractivity contribution in [2.75, 3.05) is 0 Å². The van der Waals surface area contributed by atoms with E-state index in [4.69, 9.17) is 5.73 Å². The molecule has 0 radical (unpaired) electrons. The molecule has 2 aromatic carbocycles. The van der Waals surface area contributed by atoms with Gasteiger partial charge in [-0.3, -0.25) is 4.55 Å². The molecular formula is C16H19NO3S. The molecule has 0 saturated carbocycles. The lowest BCUT2D eigenvalue weighted by atomic mass is 10.00. The molecule has 0 amide bonds. The maximum atomic E-state index is 11.3. The van der Waals surface area contributed by atoms with Gasteiger partial charge in [0.25, 0.3) is 10.1 Å². The molecule has 21 heavy (non-hydrogen) atoms. The maximum Gasteiger partial charge on any atom is 0.294 e. The molecule has 0 aliphatic heterocycles. The lowest BCUT2D eigenvalue weighted by molar-refractivity contribution is 0.481. The molecule has 112 valence electrons. The lowest BCUT2D eigenvalue weighted by Gasteiger charge is -2.13. The summed E-state index contributed by atoms with van der Waals surface area (Å²) >= 11 is 0. The van der Waals surface area contributed by atoms with E-state index in [2.05, 4.69) is 0 Å². The standard InChI is InChI=1S/C16H19NO3S/c17-15(12-13-6-2-1-3-7-13)11-10-14-8-4-5-9-16(14)21(18,19)20/h1-9,15H,10-12,17H2,(H,18,19,20)/t15-/m1/s1. The molecule has 0 bridgehead atoms. The van der Waals surface area contributed by atoms with Gasteiger partial charge in [-0.25, -0.2) is 0 Å². The van der Waals surface area contributed by atoms with E-state index >= 15 is 0 Å².